The van der Waals surface area contributed by atoms with E-state index in [1.165, 1.54) is 18.2 Å². The van der Waals surface area contributed by atoms with E-state index in [9.17, 15) is 9.30 Å². The van der Waals surface area contributed by atoms with Gasteiger partial charge in [0, 0.05) is 5.69 Å². The number of anilines is 1. The standard InChI is InChI=1S/C10H8ClFN4O2/c11-7-3-5(1-2-8(7)12)14-10(15-17)6-4-18-16-9(6)13/h1-3,14H,4H2,(H2,13,16)/b10-6+. The SMILES string of the molecule is NC1=NOC/C1=C(\N=O)Nc1ccc(F)c(Cl)c1. The Bertz CT molecular complexity index is 559. The van der Waals surface area contributed by atoms with Crippen molar-refractivity contribution in [3.63, 3.8) is 0 Å². The van der Waals surface area contributed by atoms with E-state index in [2.05, 4.69) is 15.6 Å². The van der Waals surface area contributed by atoms with Gasteiger partial charge in [-0.2, -0.15) is 0 Å². The fourth-order valence-electron chi connectivity index (χ4n) is 1.35. The van der Waals surface area contributed by atoms with Crippen LogP contribution in [-0.2, 0) is 4.84 Å². The Morgan fingerprint density at radius 2 is 2.39 bits per heavy atom. The highest BCUT2D eigenvalue weighted by Crippen LogP contribution is 2.22. The summed E-state index contributed by atoms with van der Waals surface area (Å²) in [6.45, 7) is 0.0504. The van der Waals surface area contributed by atoms with E-state index in [1.807, 2.05) is 0 Å². The lowest BCUT2D eigenvalue weighted by Gasteiger charge is -2.07. The Morgan fingerprint density at radius 3 is 2.94 bits per heavy atom. The molecular formula is C10H8ClFN4O2. The maximum absolute atomic E-state index is 13.0. The van der Waals surface area contributed by atoms with Crippen LogP contribution in [0, 0.1) is 10.7 Å². The van der Waals surface area contributed by atoms with Crippen LogP contribution in [0.3, 0.4) is 0 Å². The maximum atomic E-state index is 13.0. The van der Waals surface area contributed by atoms with Crippen LogP contribution in [0.1, 0.15) is 0 Å². The minimum Gasteiger partial charge on any atom is -0.389 e. The second kappa shape index (κ2) is 5.01. The van der Waals surface area contributed by atoms with E-state index in [1.54, 1.807) is 0 Å². The highest BCUT2D eigenvalue weighted by atomic mass is 35.5. The third kappa shape index (κ3) is 2.40. The van der Waals surface area contributed by atoms with Crippen LogP contribution < -0.4 is 11.1 Å². The monoisotopic (exact) mass is 270 g/mol. The van der Waals surface area contributed by atoms with Crippen molar-refractivity contribution in [3.05, 3.63) is 45.3 Å². The van der Waals surface area contributed by atoms with Crippen LogP contribution in [0.4, 0.5) is 10.1 Å². The average molecular weight is 271 g/mol. The lowest BCUT2D eigenvalue weighted by Crippen LogP contribution is -2.16. The van der Waals surface area contributed by atoms with E-state index >= 15 is 0 Å². The summed E-state index contributed by atoms with van der Waals surface area (Å²) in [5.41, 5.74) is 6.25. The molecule has 1 aromatic rings. The van der Waals surface area contributed by atoms with Gasteiger partial charge in [0.15, 0.2) is 11.7 Å². The molecule has 0 aromatic heterocycles. The van der Waals surface area contributed by atoms with Crippen molar-refractivity contribution in [2.75, 3.05) is 11.9 Å². The molecule has 0 atom stereocenters. The van der Waals surface area contributed by atoms with Crippen LogP contribution >= 0.6 is 11.6 Å². The summed E-state index contributed by atoms with van der Waals surface area (Å²) in [4.78, 5) is 15.5. The van der Waals surface area contributed by atoms with Gasteiger partial charge in [-0.25, -0.2) is 4.39 Å². The normalized spacial score (nSPS) is 16.9. The van der Waals surface area contributed by atoms with Crippen molar-refractivity contribution < 1.29 is 9.23 Å². The van der Waals surface area contributed by atoms with E-state index in [-0.39, 0.29) is 23.3 Å². The zero-order valence-electron chi connectivity index (χ0n) is 8.98. The Hall–Kier alpha value is -2.15. The quantitative estimate of drug-likeness (QED) is 0.824. The molecule has 1 aliphatic rings. The number of rotatable bonds is 3. The predicted octanol–water partition coefficient (Wildman–Crippen LogP) is 2.17. The number of nitrogens with one attached hydrogen (secondary N) is 1. The first-order valence-electron chi connectivity index (χ1n) is 4.86. The van der Waals surface area contributed by atoms with Crippen LogP contribution in [-0.4, -0.2) is 12.4 Å². The number of nitroso groups, excluding NO2 is 1. The Labute approximate surface area is 106 Å². The Balaban J connectivity index is 2.29. The molecule has 6 nitrogen and oxygen atoms in total. The highest BCUT2D eigenvalue weighted by Gasteiger charge is 2.19. The molecule has 1 heterocycles. The number of halogens is 2. The van der Waals surface area contributed by atoms with Crippen molar-refractivity contribution in [3.8, 4) is 0 Å². The van der Waals surface area contributed by atoms with E-state index in [0.29, 0.717) is 11.3 Å². The third-order valence-corrected chi connectivity index (χ3v) is 2.53. The number of amidine groups is 1. The number of oxime groups is 1. The number of benzene rings is 1. The molecule has 8 heteroatoms. The summed E-state index contributed by atoms with van der Waals surface area (Å²) in [5.74, 6) is -0.525. The van der Waals surface area contributed by atoms with Gasteiger partial charge in [-0.05, 0) is 23.4 Å². The van der Waals surface area contributed by atoms with Gasteiger partial charge in [0.1, 0.15) is 12.4 Å². The molecule has 1 aliphatic heterocycles. The zero-order chi connectivity index (χ0) is 13.1. The van der Waals surface area contributed by atoms with Gasteiger partial charge in [0.2, 0.25) is 0 Å². The molecule has 0 spiro atoms. The summed E-state index contributed by atoms with van der Waals surface area (Å²) >= 11 is 5.62. The summed E-state index contributed by atoms with van der Waals surface area (Å²) < 4.78 is 13.0. The molecular weight excluding hydrogens is 263 g/mol. The van der Waals surface area contributed by atoms with Crippen LogP contribution in [0.2, 0.25) is 5.02 Å². The first-order valence-corrected chi connectivity index (χ1v) is 5.24. The van der Waals surface area contributed by atoms with Crippen LogP contribution in [0.15, 0.2) is 39.9 Å². The largest absolute Gasteiger partial charge is 0.389 e. The van der Waals surface area contributed by atoms with Crippen molar-refractivity contribution in [1.82, 2.24) is 0 Å². The number of nitrogens with two attached hydrogens (primary N) is 1. The summed E-state index contributed by atoms with van der Waals surface area (Å²) in [6, 6.07) is 3.90. The van der Waals surface area contributed by atoms with Gasteiger partial charge >= 0.3 is 0 Å². The van der Waals surface area contributed by atoms with Crippen LogP contribution in [0.5, 0.6) is 0 Å². The van der Waals surface area contributed by atoms with Gasteiger partial charge in [-0.1, -0.05) is 16.8 Å². The van der Waals surface area contributed by atoms with Gasteiger partial charge in [-0.3, -0.25) is 0 Å². The molecule has 0 fully saturated rings. The molecule has 0 bridgehead atoms. The molecule has 1 aromatic carbocycles. The highest BCUT2D eigenvalue weighted by molar-refractivity contribution is 6.31. The second-order valence-electron chi connectivity index (χ2n) is 3.42. The van der Waals surface area contributed by atoms with Gasteiger partial charge in [0.25, 0.3) is 0 Å². The summed E-state index contributed by atoms with van der Waals surface area (Å²) in [6.07, 6.45) is 0. The van der Waals surface area contributed by atoms with Crippen molar-refractivity contribution in [2.45, 2.75) is 0 Å². The van der Waals surface area contributed by atoms with E-state index < -0.39 is 5.82 Å². The molecule has 0 amide bonds. The molecule has 0 saturated carbocycles. The number of nitrogens with zero attached hydrogens (tertiary/aromatic N) is 2. The first-order chi connectivity index (χ1) is 8.61. The molecule has 3 N–H and O–H groups in total. The smallest absolute Gasteiger partial charge is 0.185 e. The molecule has 0 radical (unpaired) electrons. The third-order valence-electron chi connectivity index (χ3n) is 2.24. The fraction of sp³-hybridized carbons (Fsp3) is 0.100. The summed E-state index contributed by atoms with van der Waals surface area (Å²) in [5, 5.41) is 8.89. The minimum atomic E-state index is -0.555. The molecule has 18 heavy (non-hydrogen) atoms. The topological polar surface area (TPSA) is 89.1 Å². The van der Waals surface area contributed by atoms with E-state index in [0.717, 1.165) is 0 Å². The number of hydrogen-bond acceptors (Lipinski definition) is 6. The Morgan fingerprint density at radius 1 is 1.61 bits per heavy atom. The van der Waals surface area contributed by atoms with Gasteiger partial charge in [-0.15, -0.1) is 4.91 Å². The lowest BCUT2D eigenvalue weighted by atomic mass is 10.2. The predicted molar refractivity (Wildman–Crippen MR) is 65.4 cm³/mol. The number of hydrogen-bond donors (Lipinski definition) is 2. The molecule has 0 saturated heterocycles. The second-order valence-corrected chi connectivity index (χ2v) is 3.83. The maximum Gasteiger partial charge on any atom is 0.185 e. The van der Waals surface area contributed by atoms with Gasteiger partial charge < -0.3 is 15.9 Å². The lowest BCUT2D eigenvalue weighted by molar-refractivity contribution is 0.186. The zero-order valence-corrected chi connectivity index (χ0v) is 9.74. The Kier molecular flexibility index (Phi) is 3.42. The minimum absolute atomic E-state index is 0.0450. The molecule has 0 aliphatic carbocycles. The summed E-state index contributed by atoms with van der Waals surface area (Å²) in [7, 11) is 0. The van der Waals surface area contributed by atoms with Crippen molar-refractivity contribution >= 4 is 23.1 Å². The van der Waals surface area contributed by atoms with Crippen LogP contribution in [0.25, 0.3) is 0 Å². The first kappa shape index (κ1) is 12.3. The van der Waals surface area contributed by atoms with E-state index in [4.69, 9.17) is 22.2 Å². The van der Waals surface area contributed by atoms with Crippen molar-refractivity contribution in [1.29, 1.82) is 0 Å². The fourth-order valence-corrected chi connectivity index (χ4v) is 1.53. The molecule has 2 rings (SSSR count). The average Bonchev–Trinajstić information content (AvgIpc) is 2.77. The van der Waals surface area contributed by atoms with Crippen molar-refractivity contribution in [2.24, 2.45) is 16.1 Å². The van der Waals surface area contributed by atoms with Gasteiger partial charge in [0.05, 0.1) is 10.6 Å². The molecule has 94 valence electrons. The molecule has 0 unspecified atom stereocenters.